The van der Waals surface area contributed by atoms with Gasteiger partial charge in [-0.15, -0.1) is 0 Å². The maximum atomic E-state index is 10.0. The molecule has 1 aromatic rings. The third-order valence-electron chi connectivity index (χ3n) is 1.67. The molecule has 0 fully saturated rings. The molecular weight excluding hydrogens is 196 g/mol. The first kappa shape index (κ1) is 14.1. The van der Waals surface area contributed by atoms with E-state index in [1.54, 1.807) is 18.2 Å². The maximum Gasteiger partial charge on any atom is 0.150 e. The van der Waals surface area contributed by atoms with Crippen molar-refractivity contribution in [2.24, 2.45) is 0 Å². The lowest BCUT2D eigenvalue weighted by molar-refractivity contribution is 0.112. The first-order valence-corrected chi connectivity index (χ1v) is 5.29. The maximum absolute atomic E-state index is 10.0. The predicted molar refractivity (Wildman–Crippen MR) is 70.6 cm³/mol. The molecule has 0 bridgehead atoms. The predicted octanol–water partition coefficient (Wildman–Crippen LogP) is 4.19. The Labute approximate surface area is 97.8 Å². The van der Waals surface area contributed by atoms with Gasteiger partial charge in [-0.1, -0.05) is 74.2 Å². The molecule has 0 amide bonds. The Morgan fingerprint density at radius 3 is 2.25 bits per heavy atom. The van der Waals surface area contributed by atoms with Crippen LogP contribution in [0.15, 0.2) is 67.3 Å². The summed E-state index contributed by atoms with van der Waals surface area (Å²) in [5, 5.41) is 0. The van der Waals surface area contributed by atoms with E-state index in [4.69, 9.17) is 0 Å². The van der Waals surface area contributed by atoms with Crippen molar-refractivity contribution in [2.45, 2.75) is 13.3 Å². The molecule has 0 aliphatic carbocycles. The number of hydrogen-bond donors (Lipinski definition) is 0. The van der Waals surface area contributed by atoms with Gasteiger partial charge in [0, 0.05) is 5.56 Å². The molecule has 84 valence electrons. The van der Waals surface area contributed by atoms with Crippen LogP contribution < -0.4 is 0 Å². The normalized spacial score (nSPS) is 9.81. The second kappa shape index (κ2) is 11.2. The summed E-state index contributed by atoms with van der Waals surface area (Å²) in [7, 11) is 0. The molecule has 0 aromatic heterocycles. The Balaban J connectivity index is 0.000000281. The Bertz CT molecular complexity index is 334. The molecule has 0 radical (unpaired) electrons. The SMILES string of the molecule is C=CC=CC=CCC.O=Cc1ccccc1. The summed E-state index contributed by atoms with van der Waals surface area (Å²) < 4.78 is 0. The molecule has 1 rings (SSSR count). The second-order valence-corrected chi connectivity index (χ2v) is 2.99. The minimum Gasteiger partial charge on any atom is -0.298 e. The number of aldehydes is 1. The molecule has 0 aliphatic heterocycles. The van der Waals surface area contributed by atoms with Gasteiger partial charge in [-0.05, 0) is 6.42 Å². The van der Waals surface area contributed by atoms with Gasteiger partial charge < -0.3 is 0 Å². The molecular formula is C15H18O. The van der Waals surface area contributed by atoms with Crippen molar-refractivity contribution in [1.82, 2.24) is 0 Å². The molecule has 0 aliphatic rings. The van der Waals surface area contributed by atoms with E-state index >= 15 is 0 Å². The number of carbonyl (C=O) groups excluding carboxylic acids is 1. The van der Waals surface area contributed by atoms with Gasteiger partial charge in [-0.2, -0.15) is 0 Å². The van der Waals surface area contributed by atoms with Gasteiger partial charge in [-0.25, -0.2) is 0 Å². The van der Waals surface area contributed by atoms with Gasteiger partial charge in [0.25, 0.3) is 0 Å². The number of hydrogen-bond acceptors (Lipinski definition) is 1. The summed E-state index contributed by atoms with van der Waals surface area (Å²) in [4.78, 5) is 10.0. The fraction of sp³-hybridized carbons (Fsp3) is 0.133. The van der Waals surface area contributed by atoms with E-state index in [0.29, 0.717) is 0 Å². The standard InChI is InChI=1S/C8H12.C7H6O/c1-3-5-7-8-6-4-2;8-6-7-4-2-1-3-5-7/h3,5-8H,1,4H2,2H3;1-6H. The van der Waals surface area contributed by atoms with Gasteiger partial charge in [0.15, 0.2) is 0 Å². The van der Waals surface area contributed by atoms with Crippen LogP contribution in [0, 0.1) is 0 Å². The molecule has 0 saturated heterocycles. The molecule has 0 atom stereocenters. The van der Waals surface area contributed by atoms with E-state index in [1.807, 2.05) is 36.4 Å². The first-order valence-electron chi connectivity index (χ1n) is 5.29. The van der Waals surface area contributed by atoms with Crippen molar-refractivity contribution < 1.29 is 4.79 Å². The number of carbonyl (C=O) groups is 1. The van der Waals surface area contributed by atoms with Crippen LogP contribution in [0.4, 0.5) is 0 Å². The van der Waals surface area contributed by atoms with Crippen LogP contribution in [0.5, 0.6) is 0 Å². The van der Waals surface area contributed by atoms with E-state index in [0.717, 1.165) is 18.3 Å². The average molecular weight is 214 g/mol. The lowest BCUT2D eigenvalue weighted by Crippen LogP contribution is -1.73. The number of benzene rings is 1. The Morgan fingerprint density at radius 1 is 1.12 bits per heavy atom. The highest BCUT2D eigenvalue weighted by atomic mass is 16.1. The molecule has 1 aromatic carbocycles. The third-order valence-corrected chi connectivity index (χ3v) is 1.67. The first-order chi connectivity index (χ1) is 7.85. The molecule has 0 unspecified atom stereocenters. The summed E-state index contributed by atoms with van der Waals surface area (Å²) in [6.45, 7) is 5.65. The van der Waals surface area contributed by atoms with Crippen LogP contribution in [0.25, 0.3) is 0 Å². The molecule has 0 spiro atoms. The molecule has 0 N–H and O–H groups in total. The van der Waals surface area contributed by atoms with Crippen molar-refractivity contribution in [3.8, 4) is 0 Å². The van der Waals surface area contributed by atoms with Crippen molar-refractivity contribution in [3.05, 3.63) is 72.9 Å². The molecule has 1 nitrogen and oxygen atoms in total. The van der Waals surface area contributed by atoms with Crippen LogP contribution in [-0.4, -0.2) is 6.29 Å². The van der Waals surface area contributed by atoms with Crippen LogP contribution in [0.2, 0.25) is 0 Å². The van der Waals surface area contributed by atoms with Crippen LogP contribution in [0.1, 0.15) is 23.7 Å². The van der Waals surface area contributed by atoms with Gasteiger partial charge in [0.2, 0.25) is 0 Å². The molecule has 0 heterocycles. The van der Waals surface area contributed by atoms with Gasteiger partial charge in [0.05, 0.1) is 0 Å². The summed E-state index contributed by atoms with van der Waals surface area (Å²) in [5.41, 5.74) is 0.729. The Hall–Kier alpha value is -1.89. The molecule has 1 heteroatoms. The Morgan fingerprint density at radius 2 is 1.81 bits per heavy atom. The molecule has 16 heavy (non-hydrogen) atoms. The van der Waals surface area contributed by atoms with Gasteiger partial charge >= 0.3 is 0 Å². The average Bonchev–Trinajstić information content (AvgIpc) is 2.36. The summed E-state index contributed by atoms with van der Waals surface area (Å²) >= 11 is 0. The minimum atomic E-state index is 0.729. The zero-order valence-corrected chi connectivity index (χ0v) is 9.67. The highest BCUT2D eigenvalue weighted by Gasteiger charge is 1.79. The van der Waals surface area contributed by atoms with Crippen LogP contribution in [0.3, 0.4) is 0 Å². The van der Waals surface area contributed by atoms with Crippen molar-refractivity contribution in [3.63, 3.8) is 0 Å². The van der Waals surface area contributed by atoms with Crippen molar-refractivity contribution in [2.75, 3.05) is 0 Å². The minimum absolute atomic E-state index is 0.729. The fourth-order valence-corrected chi connectivity index (χ4v) is 0.889. The van der Waals surface area contributed by atoms with E-state index in [1.165, 1.54) is 0 Å². The van der Waals surface area contributed by atoms with Gasteiger partial charge in [0.1, 0.15) is 6.29 Å². The smallest absolute Gasteiger partial charge is 0.150 e. The zero-order valence-electron chi connectivity index (χ0n) is 9.67. The summed E-state index contributed by atoms with van der Waals surface area (Å²) in [5.74, 6) is 0. The number of allylic oxidation sites excluding steroid dienone is 5. The topological polar surface area (TPSA) is 17.1 Å². The number of rotatable bonds is 4. The molecule has 0 saturated carbocycles. The summed E-state index contributed by atoms with van der Waals surface area (Å²) in [6, 6.07) is 9.10. The lowest BCUT2D eigenvalue weighted by atomic mass is 10.2. The van der Waals surface area contributed by atoms with Crippen LogP contribution in [-0.2, 0) is 0 Å². The monoisotopic (exact) mass is 214 g/mol. The van der Waals surface area contributed by atoms with E-state index in [-0.39, 0.29) is 0 Å². The highest BCUT2D eigenvalue weighted by molar-refractivity contribution is 5.74. The third kappa shape index (κ3) is 8.70. The summed E-state index contributed by atoms with van der Waals surface area (Å²) in [6.07, 6.45) is 11.7. The largest absolute Gasteiger partial charge is 0.298 e. The highest BCUT2D eigenvalue weighted by Crippen LogP contribution is 1.91. The van der Waals surface area contributed by atoms with E-state index < -0.39 is 0 Å². The zero-order chi connectivity index (χ0) is 12.1. The fourth-order valence-electron chi connectivity index (χ4n) is 0.889. The van der Waals surface area contributed by atoms with E-state index in [9.17, 15) is 4.79 Å². The lowest BCUT2D eigenvalue weighted by Gasteiger charge is -1.81. The van der Waals surface area contributed by atoms with Crippen molar-refractivity contribution in [1.29, 1.82) is 0 Å². The van der Waals surface area contributed by atoms with Gasteiger partial charge in [-0.3, -0.25) is 4.79 Å². The van der Waals surface area contributed by atoms with E-state index in [2.05, 4.69) is 19.6 Å². The second-order valence-electron chi connectivity index (χ2n) is 2.99. The van der Waals surface area contributed by atoms with Crippen LogP contribution >= 0.6 is 0 Å². The quantitative estimate of drug-likeness (QED) is 0.542. The Kier molecular flexibility index (Phi) is 9.86. The van der Waals surface area contributed by atoms with Crippen molar-refractivity contribution >= 4 is 6.29 Å².